The van der Waals surface area contributed by atoms with Gasteiger partial charge in [0.15, 0.2) is 0 Å². The van der Waals surface area contributed by atoms with E-state index in [0.29, 0.717) is 6.42 Å². The van der Waals surface area contributed by atoms with Crippen molar-refractivity contribution >= 4 is 12.1 Å². The van der Waals surface area contributed by atoms with Crippen LogP contribution in [-0.4, -0.2) is 12.1 Å². The summed E-state index contributed by atoms with van der Waals surface area (Å²) in [6, 6.07) is 9.27. The molecule has 1 aromatic rings. The van der Waals surface area contributed by atoms with E-state index in [1.165, 1.54) is 0 Å². The quantitative estimate of drug-likeness (QED) is 0.390. The number of aldehydes is 1. The van der Waals surface area contributed by atoms with Crippen LogP contribution in [0.5, 0.6) is 0 Å². The molecule has 1 rings (SSSR count). The van der Waals surface area contributed by atoms with E-state index < -0.39 is 5.92 Å². The van der Waals surface area contributed by atoms with Crippen molar-refractivity contribution < 1.29 is 9.59 Å². The first-order valence-electron chi connectivity index (χ1n) is 6.32. The molecule has 0 aliphatic carbocycles. The van der Waals surface area contributed by atoms with Crippen molar-refractivity contribution in [3.05, 3.63) is 35.9 Å². The summed E-state index contributed by atoms with van der Waals surface area (Å²) >= 11 is 0. The molecule has 0 aliphatic heterocycles. The zero-order valence-electron chi connectivity index (χ0n) is 10.4. The summed E-state index contributed by atoms with van der Waals surface area (Å²) in [6.45, 7) is 2.14. The third-order valence-corrected chi connectivity index (χ3v) is 2.92. The Labute approximate surface area is 103 Å². The monoisotopic (exact) mass is 232 g/mol. The summed E-state index contributed by atoms with van der Waals surface area (Å²) < 4.78 is 0. The van der Waals surface area contributed by atoms with Crippen molar-refractivity contribution in [2.75, 3.05) is 0 Å². The molecule has 2 nitrogen and oxygen atoms in total. The molecule has 1 atom stereocenters. The maximum absolute atomic E-state index is 11.9. The summed E-state index contributed by atoms with van der Waals surface area (Å²) in [5.74, 6) is -0.528. The molecule has 2 heteroatoms. The van der Waals surface area contributed by atoms with E-state index in [1.807, 2.05) is 30.3 Å². The molecule has 0 saturated carbocycles. The zero-order valence-corrected chi connectivity index (χ0v) is 10.4. The van der Waals surface area contributed by atoms with Crippen molar-refractivity contribution in [1.82, 2.24) is 0 Å². The van der Waals surface area contributed by atoms with Gasteiger partial charge in [0.25, 0.3) is 0 Å². The summed E-state index contributed by atoms with van der Waals surface area (Å²) in [7, 11) is 0. The number of carbonyl (C=O) groups is 2. The fourth-order valence-corrected chi connectivity index (χ4v) is 1.88. The molecule has 0 fully saturated rings. The van der Waals surface area contributed by atoms with E-state index in [2.05, 4.69) is 6.92 Å². The molecule has 0 N–H and O–H groups in total. The predicted molar refractivity (Wildman–Crippen MR) is 69.0 cm³/mol. The van der Waals surface area contributed by atoms with Crippen molar-refractivity contribution in [2.24, 2.45) is 0 Å². The van der Waals surface area contributed by atoms with Gasteiger partial charge in [-0.1, -0.05) is 56.5 Å². The van der Waals surface area contributed by atoms with E-state index in [4.69, 9.17) is 0 Å². The second-order valence-electron chi connectivity index (χ2n) is 4.30. The fraction of sp³-hybridized carbons (Fsp3) is 0.467. The molecule has 0 spiro atoms. The van der Waals surface area contributed by atoms with Crippen molar-refractivity contribution in [3.8, 4) is 0 Å². The Balaban J connectivity index is 2.50. The highest BCUT2D eigenvalue weighted by molar-refractivity contribution is 5.98. The number of benzene rings is 1. The topological polar surface area (TPSA) is 34.1 Å². The predicted octanol–water partition coefficient (Wildman–Crippen LogP) is 3.51. The first-order chi connectivity index (χ1) is 8.29. The number of Topliss-reactive ketones (excluding diaryl/α,β-unsaturated/α-hetero) is 1. The van der Waals surface area contributed by atoms with Gasteiger partial charge in [0, 0.05) is 6.42 Å². The smallest absolute Gasteiger partial charge is 0.147 e. The normalized spacial score (nSPS) is 12.1. The second kappa shape index (κ2) is 7.77. The molecule has 1 aromatic carbocycles. The highest BCUT2D eigenvalue weighted by Gasteiger charge is 2.18. The standard InChI is InChI=1S/C15H20O2/c1-2-3-4-8-11-15(17)14(12-16)13-9-6-5-7-10-13/h5-7,9-10,12,14H,2-4,8,11H2,1H3. The molecule has 0 amide bonds. The number of rotatable bonds is 8. The lowest BCUT2D eigenvalue weighted by Crippen LogP contribution is -2.13. The maximum atomic E-state index is 11.9. The Bertz CT molecular complexity index is 343. The Kier molecular flexibility index (Phi) is 6.23. The lowest BCUT2D eigenvalue weighted by atomic mass is 9.93. The van der Waals surface area contributed by atoms with Crippen molar-refractivity contribution in [2.45, 2.75) is 44.9 Å². The molecule has 0 bridgehead atoms. The van der Waals surface area contributed by atoms with Gasteiger partial charge in [-0.25, -0.2) is 0 Å². The lowest BCUT2D eigenvalue weighted by molar-refractivity contribution is -0.124. The minimum Gasteiger partial charge on any atom is -0.302 e. The van der Waals surface area contributed by atoms with E-state index in [9.17, 15) is 9.59 Å². The molecule has 17 heavy (non-hydrogen) atoms. The lowest BCUT2D eigenvalue weighted by Gasteiger charge is -2.09. The molecule has 0 aliphatic rings. The Morgan fingerprint density at radius 1 is 1.18 bits per heavy atom. The van der Waals surface area contributed by atoms with Crippen LogP contribution in [0, 0.1) is 0 Å². The summed E-state index contributed by atoms with van der Waals surface area (Å²) in [5.41, 5.74) is 0.808. The van der Waals surface area contributed by atoms with Crippen molar-refractivity contribution in [3.63, 3.8) is 0 Å². The van der Waals surface area contributed by atoms with E-state index in [1.54, 1.807) is 0 Å². The average molecular weight is 232 g/mol. The highest BCUT2D eigenvalue weighted by Crippen LogP contribution is 2.17. The number of carbonyl (C=O) groups excluding carboxylic acids is 2. The van der Waals surface area contributed by atoms with E-state index in [-0.39, 0.29) is 5.78 Å². The minimum atomic E-state index is -0.571. The van der Waals surface area contributed by atoms with Crippen LogP contribution >= 0.6 is 0 Å². The van der Waals surface area contributed by atoms with Gasteiger partial charge in [0.05, 0.1) is 5.92 Å². The summed E-state index contributed by atoms with van der Waals surface area (Å²) in [5, 5.41) is 0. The Morgan fingerprint density at radius 3 is 2.47 bits per heavy atom. The molecular weight excluding hydrogens is 212 g/mol. The first-order valence-corrected chi connectivity index (χ1v) is 6.32. The number of hydrogen-bond acceptors (Lipinski definition) is 2. The number of unbranched alkanes of at least 4 members (excludes halogenated alkanes) is 3. The number of hydrogen-bond donors (Lipinski definition) is 0. The first kappa shape index (κ1) is 13.6. The van der Waals surface area contributed by atoms with Gasteiger partial charge in [0.2, 0.25) is 0 Å². The summed E-state index contributed by atoms with van der Waals surface area (Å²) in [6.07, 6.45) is 5.55. The van der Waals surface area contributed by atoms with Gasteiger partial charge in [-0.2, -0.15) is 0 Å². The molecule has 0 saturated heterocycles. The van der Waals surface area contributed by atoms with Gasteiger partial charge in [0.1, 0.15) is 12.1 Å². The molecular formula is C15H20O2. The fourth-order valence-electron chi connectivity index (χ4n) is 1.88. The molecule has 0 radical (unpaired) electrons. The average Bonchev–Trinajstić information content (AvgIpc) is 2.37. The van der Waals surface area contributed by atoms with Crippen LogP contribution in [0.1, 0.15) is 50.5 Å². The molecule has 92 valence electrons. The van der Waals surface area contributed by atoms with Gasteiger partial charge in [-0.15, -0.1) is 0 Å². The van der Waals surface area contributed by atoms with Crippen LogP contribution in [0.25, 0.3) is 0 Å². The van der Waals surface area contributed by atoms with E-state index >= 15 is 0 Å². The van der Waals surface area contributed by atoms with Gasteiger partial charge in [-0.05, 0) is 12.0 Å². The van der Waals surface area contributed by atoms with Gasteiger partial charge in [-0.3, -0.25) is 4.79 Å². The van der Waals surface area contributed by atoms with Crippen LogP contribution < -0.4 is 0 Å². The van der Waals surface area contributed by atoms with Crippen LogP contribution in [0.4, 0.5) is 0 Å². The molecule has 0 heterocycles. The van der Waals surface area contributed by atoms with E-state index in [0.717, 1.165) is 37.5 Å². The van der Waals surface area contributed by atoms with Crippen LogP contribution in [0.2, 0.25) is 0 Å². The number of ketones is 1. The Hall–Kier alpha value is -1.44. The molecule has 1 unspecified atom stereocenters. The third-order valence-electron chi connectivity index (χ3n) is 2.92. The van der Waals surface area contributed by atoms with Crippen LogP contribution in [0.3, 0.4) is 0 Å². The molecule has 0 aromatic heterocycles. The van der Waals surface area contributed by atoms with Gasteiger partial charge >= 0.3 is 0 Å². The van der Waals surface area contributed by atoms with Gasteiger partial charge < -0.3 is 4.79 Å². The maximum Gasteiger partial charge on any atom is 0.147 e. The largest absolute Gasteiger partial charge is 0.302 e. The minimum absolute atomic E-state index is 0.0438. The van der Waals surface area contributed by atoms with Crippen LogP contribution in [-0.2, 0) is 9.59 Å². The van der Waals surface area contributed by atoms with Crippen LogP contribution in [0.15, 0.2) is 30.3 Å². The Morgan fingerprint density at radius 2 is 1.88 bits per heavy atom. The zero-order chi connectivity index (χ0) is 12.5. The highest BCUT2D eigenvalue weighted by atomic mass is 16.1. The summed E-state index contributed by atoms with van der Waals surface area (Å²) in [4.78, 5) is 22.9. The second-order valence-corrected chi connectivity index (χ2v) is 4.30. The SMILES string of the molecule is CCCCCCC(=O)C(C=O)c1ccccc1. The third kappa shape index (κ3) is 4.51. The van der Waals surface area contributed by atoms with Crippen molar-refractivity contribution in [1.29, 1.82) is 0 Å².